The summed E-state index contributed by atoms with van der Waals surface area (Å²) in [7, 11) is -1.98. The van der Waals surface area contributed by atoms with Gasteiger partial charge in [-0.25, -0.2) is 0 Å². The Morgan fingerprint density at radius 2 is 1.18 bits per heavy atom. The lowest BCUT2D eigenvalue weighted by Crippen LogP contribution is -2.34. The molecule has 2 heterocycles. The molecule has 2 aromatic rings. The number of hydrogen-bond donors (Lipinski definition) is 5. The van der Waals surface area contributed by atoms with Crippen LogP contribution in [0.2, 0.25) is 0 Å². The predicted octanol–water partition coefficient (Wildman–Crippen LogP) is 1.81. The summed E-state index contributed by atoms with van der Waals surface area (Å²) in [6.07, 6.45) is 0.409. The minimum absolute atomic E-state index is 0. The van der Waals surface area contributed by atoms with E-state index in [1.807, 2.05) is 39.0 Å². The van der Waals surface area contributed by atoms with E-state index >= 15 is 0 Å². The van der Waals surface area contributed by atoms with Gasteiger partial charge in [-0.05, 0) is 82.3 Å². The lowest BCUT2D eigenvalue weighted by molar-refractivity contribution is 0.0285. The van der Waals surface area contributed by atoms with Crippen LogP contribution >= 0.6 is 0 Å². The topological polar surface area (TPSA) is 144 Å². The minimum atomic E-state index is -1.03. The Morgan fingerprint density at radius 1 is 0.795 bits per heavy atom. The van der Waals surface area contributed by atoms with Crippen molar-refractivity contribution >= 4 is 25.2 Å². The fraction of sp³-hybridized carbons (Fsp3) is 0.571. The summed E-state index contributed by atoms with van der Waals surface area (Å²) in [6, 6.07) is 7.47. The van der Waals surface area contributed by atoms with Crippen LogP contribution in [0.1, 0.15) is 82.9 Å². The van der Waals surface area contributed by atoms with Crippen molar-refractivity contribution in [1.29, 1.82) is 0 Å². The maximum atomic E-state index is 10.1. The average molecular weight is 545 g/mol. The molecule has 2 aliphatic heterocycles. The van der Waals surface area contributed by atoms with Crippen LogP contribution in [0.25, 0.3) is 0 Å². The largest absolute Gasteiger partial charge is 0.495 e. The molecule has 0 amide bonds. The van der Waals surface area contributed by atoms with Crippen LogP contribution < -0.4 is 26.1 Å². The number of ether oxygens (including phenoxy) is 2. The van der Waals surface area contributed by atoms with Crippen LogP contribution in [0.5, 0.6) is 11.5 Å². The highest BCUT2D eigenvalue weighted by Crippen LogP contribution is 2.33. The third-order valence-electron chi connectivity index (χ3n) is 6.40. The Bertz CT molecular complexity index is 1030. The lowest BCUT2D eigenvalue weighted by Gasteiger charge is -2.20. The maximum absolute atomic E-state index is 10.1. The van der Waals surface area contributed by atoms with E-state index in [4.69, 9.17) is 24.5 Å². The van der Waals surface area contributed by atoms with E-state index in [0.717, 1.165) is 28.7 Å². The first kappa shape index (κ1) is 33.1. The second-order valence-corrected chi connectivity index (χ2v) is 11.2. The van der Waals surface area contributed by atoms with Crippen molar-refractivity contribution in [3.05, 3.63) is 46.5 Å². The number of benzene rings is 2. The number of nitrogens with two attached hydrogens (primary N) is 1. The number of hydrogen-bond acceptors (Lipinski definition) is 9. The highest BCUT2D eigenvalue weighted by molar-refractivity contribution is 6.63. The molecule has 0 saturated heterocycles. The van der Waals surface area contributed by atoms with Crippen molar-refractivity contribution < 1.29 is 39.0 Å². The molecule has 0 radical (unpaired) electrons. The molecule has 39 heavy (non-hydrogen) atoms. The SMILES string of the molecule is C.CC[C@H]1OB(O)c2c(OCC(C)(C)O)ccc(C)c21.Cc1ccc(OCC(C)(C)O)c2c1C(CN)OB2O. The Balaban J connectivity index is 0.000000267. The molecule has 0 spiro atoms. The summed E-state index contributed by atoms with van der Waals surface area (Å²) in [5, 5.41) is 39.5. The van der Waals surface area contributed by atoms with Gasteiger partial charge in [0.2, 0.25) is 0 Å². The van der Waals surface area contributed by atoms with Gasteiger partial charge in [0.15, 0.2) is 0 Å². The molecule has 0 aromatic heterocycles. The third kappa shape index (κ3) is 7.98. The van der Waals surface area contributed by atoms with Gasteiger partial charge < -0.3 is 44.8 Å². The molecular formula is C28H45B2NO8. The Labute approximate surface area is 233 Å². The fourth-order valence-corrected chi connectivity index (χ4v) is 4.63. The van der Waals surface area contributed by atoms with E-state index in [2.05, 4.69) is 0 Å². The second-order valence-electron chi connectivity index (χ2n) is 11.2. The van der Waals surface area contributed by atoms with Gasteiger partial charge in [0.05, 0.1) is 23.4 Å². The summed E-state index contributed by atoms with van der Waals surface area (Å²) >= 11 is 0. The molecule has 0 aliphatic carbocycles. The number of rotatable bonds is 8. The Kier molecular flexibility index (Phi) is 11.1. The molecule has 9 nitrogen and oxygen atoms in total. The molecule has 2 aromatic carbocycles. The van der Waals surface area contributed by atoms with Gasteiger partial charge in [-0.1, -0.05) is 26.5 Å². The molecule has 1 unspecified atom stereocenters. The van der Waals surface area contributed by atoms with Crippen molar-refractivity contribution in [2.75, 3.05) is 19.8 Å². The summed E-state index contributed by atoms with van der Waals surface area (Å²) in [5.74, 6) is 1.12. The van der Waals surface area contributed by atoms with Crippen molar-refractivity contribution in [1.82, 2.24) is 0 Å². The van der Waals surface area contributed by atoms with Crippen LogP contribution in [0.15, 0.2) is 24.3 Å². The zero-order valence-electron chi connectivity index (χ0n) is 23.4. The van der Waals surface area contributed by atoms with E-state index in [9.17, 15) is 20.3 Å². The van der Waals surface area contributed by atoms with Gasteiger partial charge in [0.25, 0.3) is 0 Å². The minimum Gasteiger partial charge on any atom is -0.491 e. The summed E-state index contributed by atoms with van der Waals surface area (Å²) < 4.78 is 22.2. The van der Waals surface area contributed by atoms with Crippen LogP contribution in [-0.4, -0.2) is 65.5 Å². The van der Waals surface area contributed by atoms with Gasteiger partial charge in [0, 0.05) is 17.5 Å². The summed E-state index contributed by atoms with van der Waals surface area (Å²) in [5.41, 5.74) is 9.15. The number of fused-ring (bicyclic) bond motifs is 2. The maximum Gasteiger partial charge on any atom is 0.495 e. The van der Waals surface area contributed by atoms with E-state index in [-0.39, 0.29) is 32.8 Å². The van der Waals surface area contributed by atoms with E-state index < -0.39 is 25.4 Å². The monoisotopic (exact) mass is 545 g/mol. The molecule has 0 bridgehead atoms. The highest BCUT2D eigenvalue weighted by Gasteiger charge is 2.39. The molecule has 11 heteroatoms. The van der Waals surface area contributed by atoms with E-state index in [0.29, 0.717) is 29.0 Å². The zero-order valence-corrected chi connectivity index (χ0v) is 23.4. The standard InChI is InChI=1S/C14H21BO4.C13H20BNO4.CH4/c1-5-10-12-9(2)6-7-11(13(12)15(17)19-10)18-8-14(3,4)16;1-8-4-5-9(18-7-13(2,3)16)12-11(8)10(6-15)19-14(12)17;/h6-7,10,16-17H,5,8H2,1-4H3;4-5,10,16-17H,6-7,15H2,1-3H3;1H4/t10-;;/m1../s1. The third-order valence-corrected chi connectivity index (χ3v) is 6.40. The molecule has 0 fully saturated rings. The van der Waals surface area contributed by atoms with E-state index in [1.54, 1.807) is 33.8 Å². The van der Waals surface area contributed by atoms with Crippen molar-refractivity contribution in [2.45, 2.75) is 85.7 Å². The van der Waals surface area contributed by atoms with Crippen LogP contribution in [0.4, 0.5) is 0 Å². The van der Waals surface area contributed by atoms with Crippen molar-refractivity contribution in [3.63, 3.8) is 0 Å². The second kappa shape index (κ2) is 13.0. The Morgan fingerprint density at radius 3 is 1.54 bits per heavy atom. The first-order valence-corrected chi connectivity index (χ1v) is 13.0. The number of aryl methyl sites for hydroxylation is 2. The van der Waals surface area contributed by atoms with E-state index in [1.165, 1.54) is 0 Å². The molecule has 4 rings (SSSR count). The highest BCUT2D eigenvalue weighted by atomic mass is 16.5. The molecule has 2 aliphatic rings. The van der Waals surface area contributed by atoms with Crippen LogP contribution in [-0.2, 0) is 9.31 Å². The van der Waals surface area contributed by atoms with Gasteiger partial charge >= 0.3 is 14.2 Å². The van der Waals surface area contributed by atoms with Gasteiger partial charge in [-0.2, -0.15) is 0 Å². The molecule has 216 valence electrons. The molecule has 0 saturated carbocycles. The normalized spacial score (nSPS) is 18.2. The molecule has 6 N–H and O–H groups in total. The molecular weight excluding hydrogens is 500 g/mol. The molecule has 2 atom stereocenters. The predicted molar refractivity (Wildman–Crippen MR) is 155 cm³/mol. The summed E-state index contributed by atoms with van der Waals surface area (Å²) in [6.45, 7) is 13.3. The van der Waals surface area contributed by atoms with Gasteiger partial charge in [-0.3, -0.25) is 0 Å². The lowest BCUT2D eigenvalue weighted by atomic mass is 9.77. The first-order chi connectivity index (χ1) is 17.7. The summed E-state index contributed by atoms with van der Waals surface area (Å²) in [4.78, 5) is 0. The quantitative estimate of drug-likeness (QED) is 0.314. The fourth-order valence-electron chi connectivity index (χ4n) is 4.63. The van der Waals surface area contributed by atoms with Crippen molar-refractivity contribution in [2.24, 2.45) is 5.73 Å². The van der Waals surface area contributed by atoms with Gasteiger partial charge in [0.1, 0.15) is 24.7 Å². The average Bonchev–Trinajstić information content (AvgIpc) is 3.36. The Hall–Kier alpha value is -2.11. The van der Waals surface area contributed by atoms with Crippen molar-refractivity contribution in [3.8, 4) is 11.5 Å². The smallest absolute Gasteiger partial charge is 0.491 e. The zero-order chi connectivity index (χ0) is 28.4. The van der Waals surface area contributed by atoms with Crippen LogP contribution in [0, 0.1) is 13.8 Å². The van der Waals surface area contributed by atoms with Crippen LogP contribution in [0.3, 0.4) is 0 Å². The first-order valence-electron chi connectivity index (χ1n) is 13.0. The van der Waals surface area contributed by atoms with Gasteiger partial charge in [-0.15, -0.1) is 0 Å². The number of aliphatic hydroxyl groups is 2.